The molecule has 0 aromatic heterocycles. The Balaban J connectivity index is 1.32. The van der Waals surface area contributed by atoms with Gasteiger partial charge in [0.05, 0.1) is 0 Å². The molecular formula is C29H34O2. The summed E-state index contributed by atoms with van der Waals surface area (Å²) in [4.78, 5) is 12.9. The van der Waals surface area contributed by atoms with Crippen LogP contribution in [0, 0.1) is 5.92 Å². The second-order valence-corrected chi connectivity index (χ2v) is 8.91. The third-order valence-corrected chi connectivity index (χ3v) is 6.86. The summed E-state index contributed by atoms with van der Waals surface area (Å²) >= 11 is 0. The number of benzene rings is 2. The van der Waals surface area contributed by atoms with Crippen LogP contribution in [-0.4, -0.2) is 19.0 Å². The van der Waals surface area contributed by atoms with Gasteiger partial charge in [-0.25, -0.2) is 0 Å². The molecular weight excluding hydrogens is 380 g/mol. The molecule has 31 heavy (non-hydrogen) atoms. The van der Waals surface area contributed by atoms with E-state index >= 15 is 0 Å². The maximum absolute atomic E-state index is 12.9. The minimum Gasteiger partial charge on any atom is -0.381 e. The van der Waals surface area contributed by atoms with E-state index in [9.17, 15) is 4.79 Å². The minimum atomic E-state index is 0.353. The minimum absolute atomic E-state index is 0.353. The molecule has 162 valence electrons. The Morgan fingerprint density at radius 1 is 0.935 bits per heavy atom. The Bertz CT molecular complexity index is 932. The van der Waals surface area contributed by atoms with Crippen LogP contribution in [0.5, 0.6) is 0 Å². The van der Waals surface area contributed by atoms with Crippen LogP contribution in [-0.2, 0) is 22.4 Å². The number of ether oxygens (including phenoxy) is 1. The zero-order chi connectivity index (χ0) is 21.5. The number of rotatable bonds is 9. The average molecular weight is 415 g/mol. The molecule has 1 fully saturated rings. The highest BCUT2D eigenvalue weighted by Gasteiger charge is 2.23. The third-order valence-electron chi connectivity index (χ3n) is 6.86. The van der Waals surface area contributed by atoms with Gasteiger partial charge in [0, 0.05) is 32.0 Å². The highest BCUT2D eigenvalue weighted by atomic mass is 16.5. The third kappa shape index (κ3) is 5.62. The van der Waals surface area contributed by atoms with Gasteiger partial charge in [0.2, 0.25) is 0 Å². The lowest BCUT2D eigenvalue weighted by Gasteiger charge is -2.24. The number of allylic oxidation sites excluding steroid dienone is 4. The van der Waals surface area contributed by atoms with Gasteiger partial charge in [0.1, 0.15) is 5.78 Å². The summed E-state index contributed by atoms with van der Waals surface area (Å²) in [5.74, 6) is 1.37. The van der Waals surface area contributed by atoms with Crippen molar-refractivity contribution in [2.75, 3.05) is 13.2 Å². The van der Waals surface area contributed by atoms with E-state index in [1.165, 1.54) is 27.8 Å². The first-order chi connectivity index (χ1) is 15.2. The van der Waals surface area contributed by atoms with Crippen molar-refractivity contribution < 1.29 is 9.53 Å². The maximum atomic E-state index is 12.9. The number of hydrogen-bond acceptors (Lipinski definition) is 2. The van der Waals surface area contributed by atoms with E-state index < -0.39 is 0 Å². The monoisotopic (exact) mass is 414 g/mol. The van der Waals surface area contributed by atoms with E-state index in [0.717, 1.165) is 45.3 Å². The molecule has 0 spiro atoms. The van der Waals surface area contributed by atoms with Crippen molar-refractivity contribution in [2.24, 2.45) is 5.92 Å². The fourth-order valence-corrected chi connectivity index (χ4v) is 5.17. The Morgan fingerprint density at radius 2 is 1.65 bits per heavy atom. The van der Waals surface area contributed by atoms with Gasteiger partial charge in [-0.2, -0.15) is 0 Å². The largest absolute Gasteiger partial charge is 0.381 e. The molecule has 2 heteroatoms. The van der Waals surface area contributed by atoms with Crippen LogP contribution in [0.25, 0.3) is 0 Å². The van der Waals surface area contributed by atoms with E-state index in [0.29, 0.717) is 30.5 Å². The van der Waals surface area contributed by atoms with Crippen LogP contribution in [0.4, 0.5) is 0 Å². The van der Waals surface area contributed by atoms with Gasteiger partial charge >= 0.3 is 0 Å². The molecule has 4 rings (SSSR count). The molecule has 2 aromatic rings. The Hall–Kier alpha value is -2.45. The van der Waals surface area contributed by atoms with Crippen molar-refractivity contribution in [1.29, 1.82) is 0 Å². The van der Waals surface area contributed by atoms with Gasteiger partial charge in [0.25, 0.3) is 0 Å². The van der Waals surface area contributed by atoms with Crippen molar-refractivity contribution >= 4 is 5.78 Å². The predicted octanol–water partition coefficient (Wildman–Crippen LogP) is 6.61. The quantitative estimate of drug-likeness (QED) is 0.461. The first-order valence-corrected chi connectivity index (χ1v) is 11.8. The van der Waals surface area contributed by atoms with Crippen LogP contribution in [0.3, 0.4) is 0 Å². The van der Waals surface area contributed by atoms with Crippen molar-refractivity contribution in [1.82, 2.24) is 0 Å². The summed E-state index contributed by atoms with van der Waals surface area (Å²) in [5, 5.41) is 0. The van der Waals surface area contributed by atoms with Gasteiger partial charge in [-0.1, -0.05) is 84.8 Å². The SMILES string of the molecule is CCC1C(CCC(=O)Cc2ccccc2C2CCOCC2)=CC=C1Cc1ccccc1. The van der Waals surface area contributed by atoms with Gasteiger partial charge in [-0.3, -0.25) is 4.79 Å². The average Bonchev–Trinajstić information content (AvgIpc) is 3.20. The first-order valence-electron chi connectivity index (χ1n) is 11.8. The lowest BCUT2D eigenvalue weighted by Crippen LogP contribution is -2.16. The zero-order valence-corrected chi connectivity index (χ0v) is 18.7. The fraction of sp³-hybridized carbons (Fsp3) is 0.414. The van der Waals surface area contributed by atoms with Crippen LogP contribution >= 0.6 is 0 Å². The summed E-state index contributed by atoms with van der Waals surface area (Å²) in [6.45, 7) is 3.92. The van der Waals surface area contributed by atoms with Gasteiger partial charge in [-0.15, -0.1) is 0 Å². The lowest BCUT2D eigenvalue weighted by atomic mass is 9.85. The van der Waals surface area contributed by atoms with E-state index in [1.54, 1.807) is 0 Å². The second-order valence-electron chi connectivity index (χ2n) is 8.91. The fourth-order valence-electron chi connectivity index (χ4n) is 5.17. The van der Waals surface area contributed by atoms with Crippen molar-refractivity contribution in [3.8, 4) is 0 Å². The molecule has 1 saturated heterocycles. The predicted molar refractivity (Wildman–Crippen MR) is 127 cm³/mol. The molecule has 2 nitrogen and oxygen atoms in total. The van der Waals surface area contributed by atoms with Crippen LogP contribution in [0.2, 0.25) is 0 Å². The Labute approximate surface area is 187 Å². The maximum Gasteiger partial charge on any atom is 0.137 e. The van der Waals surface area contributed by atoms with E-state index in [-0.39, 0.29) is 0 Å². The van der Waals surface area contributed by atoms with E-state index in [4.69, 9.17) is 4.74 Å². The van der Waals surface area contributed by atoms with Gasteiger partial charge < -0.3 is 4.74 Å². The summed E-state index contributed by atoms with van der Waals surface area (Å²) in [7, 11) is 0. The number of carbonyl (C=O) groups is 1. The van der Waals surface area contributed by atoms with E-state index in [1.807, 2.05) is 0 Å². The number of carbonyl (C=O) groups excluding carboxylic acids is 1. The molecule has 1 heterocycles. The molecule has 0 bridgehead atoms. The van der Waals surface area contributed by atoms with Crippen molar-refractivity contribution in [3.63, 3.8) is 0 Å². The van der Waals surface area contributed by atoms with Crippen LogP contribution < -0.4 is 0 Å². The summed E-state index contributed by atoms with van der Waals surface area (Å²) in [6.07, 6.45) is 10.9. The number of hydrogen-bond donors (Lipinski definition) is 0. The van der Waals surface area contributed by atoms with Crippen molar-refractivity contribution in [2.45, 2.75) is 57.8 Å². The molecule has 2 aromatic carbocycles. The summed E-state index contributed by atoms with van der Waals surface area (Å²) in [6, 6.07) is 19.2. The molecule has 0 radical (unpaired) electrons. The smallest absolute Gasteiger partial charge is 0.137 e. The van der Waals surface area contributed by atoms with Crippen LogP contribution in [0.15, 0.2) is 77.9 Å². The Morgan fingerprint density at radius 3 is 2.42 bits per heavy atom. The highest BCUT2D eigenvalue weighted by Crippen LogP contribution is 2.35. The molecule has 0 amide bonds. The second kappa shape index (κ2) is 10.7. The lowest BCUT2D eigenvalue weighted by molar-refractivity contribution is -0.118. The molecule has 2 aliphatic rings. The number of ketones is 1. The molecule has 1 atom stereocenters. The molecule has 1 unspecified atom stereocenters. The topological polar surface area (TPSA) is 26.3 Å². The molecule has 1 aliphatic heterocycles. The van der Waals surface area contributed by atoms with Gasteiger partial charge in [-0.05, 0) is 54.7 Å². The standard InChI is InChI=1S/C29H34O2/c1-2-28-23(12-13-26(28)20-22-8-4-3-5-9-22)14-15-27(30)21-25-10-6-7-11-29(25)24-16-18-31-19-17-24/h3-13,24,28H,2,14-21H2,1H3. The summed E-state index contributed by atoms with van der Waals surface area (Å²) in [5.41, 5.74) is 6.86. The number of Topliss-reactive ketones (excluding diaryl/α,β-unsaturated/α-hetero) is 1. The molecule has 1 aliphatic carbocycles. The summed E-state index contributed by atoms with van der Waals surface area (Å²) < 4.78 is 5.53. The zero-order valence-electron chi connectivity index (χ0n) is 18.7. The van der Waals surface area contributed by atoms with Gasteiger partial charge in [0.15, 0.2) is 0 Å². The van der Waals surface area contributed by atoms with Crippen LogP contribution in [0.1, 0.15) is 61.6 Å². The highest BCUT2D eigenvalue weighted by molar-refractivity contribution is 5.81. The molecule has 0 N–H and O–H groups in total. The first kappa shape index (κ1) is 21.8. The Kier molecular flexibility index (Phi) is 7.53. The molecule has 0 saturated carbocycles. The van der Waals surface area contributed by atoms with Crippen molar-refractivity contribution in [3.05, 3.63) is 94.6 Å². The van der Waals surface area contributed by atoms with E-state index in [2.05, 4.69) is 73.7 Å². The normalized spacial score (nSPS) is 19.2.